The molecule has 0 saturated carbocycles. The molecule has 0 amide bonds. The molecule has 0 unspecified atom stereocenters. The monoisotopic (exact) mass is 269 g/mol. The van der Waals surface area contributed by atoms with E-state index in [-0.39, 0.29) is 0 Å². The average molecular weight is 269 g/mol. The minimum absolute atomic E-state index is 0.644. The number of rotatable bonds is 4. The second-order valence-corrected chi connectivity index (χ2v) is 4.53. The van der Waals surface area contributed by atoms with E-state index in [0.717, 1.165) is 31.7 Å². The van der Waals surface area contributed by atoms with Crippen LogP contribution < -0.4 is 10.3 Å². The Bertz CT molecular complexity index is 512. The van der Waals surface area contributed by atoms with Crippen LogP contribution in [0.15, 0.2) is 43.0 Å². The number of hydrogen-bond donors (Lipinski definition) is 1. The van der Waals surface area contributed by atoms with Crippen LogP contribution in [0.3, 0.4) is 0 Å². The largest absolute Gasteiger partial charge is 0.314 e. The molecular formula is C14H17N6. The highest BCUT2D eigenvalue weighted by Gasteiger charge is 2.21. The highest BCUT2D eigenvalue weighted by molar-refractivity contribution is 5.37. The van der Waals surface area contributed by atoms with E-state index in [9.17, 15) is 0 Å². The molecule has 20 heavy (non-hydrogen) atoms. The Balaban J connectivity index is 1.83. The fraction of sp³-hybridized carbons (Fsp3) is 0.286. The van der Waals surface area contributed by atoms with E-state index < -0.39 is 0 Å². The van der Waals surface area contributed by atoms with Crippen LogP contribution in [0, 0.1) is 6.54 Å². The third kappa shape index (κ3) is 3.09. The average Bonchev–Trinajstić information content (AvgIpc) is 2.55. The zero-order valence-corrected chi connectivity index (χ0v) is 11.2. The van der Waals surface area contributed by atoms with Crippen LogP contribution in [-0.4, -0.2) is 46.1 Å². The molecule has 1 N–H and O–H groups in total. The summed E-state index contributed by atoms with van der Waals surface area (Å²) in [5.41, 5.74) is 1.12. The van der Waals surface area contributed by atoms with E-state index in [0.29, 0.717) is 5.95 Å². The van der Waals surface area contributed by atoms with Crippen LogP contribution >= 0.6 is 0 Å². The Morgan fingerprint density at radius 1 is 1.05 bits per heavy atom. The molecule has 0 atom stereocenters. The summed E-state index contributed by atoms with van der Waals surface area (Å²) in [6.45, 7) is 5.83. The molecule has 6 heteroatoms. The molecule has 1 radical (unpaired) electrons. The molecule has 0 aliphatic carbocycles. The molecule has 1 aromatic carbocycles. The molecule has 2 aromatic rings. The highest BCUT2D eigenvalue weighted by Crippen LogP contribution is 2.16. The van der Waals surface area contributed by atoms with Crippen LogP contribution in [0.25, 0.3) is 0 Å². The van der Waals surface area contributed by atoms with E-state index in [2.05, 4.69) is 44.0 Å². The first-order chi connectivity index (χ1) is 9.93. The van der Waals surface area contributed by atoms with Crippen molar-refractivity contribution in [3.63, 3.8) is 0 Å². The van der Waals surface area contributed by atoms with Gasteiger partial charge in [0.25, 0.3) is 0 Å². The van der Waals surface area contributed by atoms with Gasteiger partial charge >= 0.3 is 0 Å². The lowest BCUT2D eigenvalue weighted by Crippen LogP contribution is -2.52. The first-order valence-electron chi connectivity index (χ1n) is 6.70. The van der Waals surface area contributed by atoms with Crippen LogP contribution in [0.2, 0.25) is 0 Å². The van der Waals surface area contributed by atoms with Gasteiger partial charge in [-0.25, -0.2) is 20.0 Å². The van der Waals surface area contributed by atoms with Gasteiger partial charge < -0.3 is 5.32 Å². The summed E-state index contributed by atoms with van der Waals surface area (Å²) in [6.07, 6.45) is 3.05. The van der Waals surface area contributed by atoms with Crippen molar-refractivity contribution in [1.82, 2.24) is 25.3 Å². The second-order valence-electron chi connectivity index (χ2n) is 4.53. The Kier molecular flexibility index (Phi) is 4.15. The van der Waals surface area contributed by atoms with Crippen LogP contribution in [0.5, 0.6) is 0 Å². The zero-order chi connectivity index (χ0) is 13.6. The molecule has 0 spiro atoms. The third-order valence-electron chi connectivity index (χ3n) is 3.15. The van der Waals surface area contributed by atoms with Gasteiger partial charge in [0.15, 0.2) is 0 Å². The van der Waals surface area contributed by atoms with Gasteiger partial charge in [0.1, 0.15) is 12.7 Å². The van der Waals surface area contributed by atoms with Gasteiger partial charge in [0.2, 0.25) is 5.95 Å². The van der Waals surface area contributed by atoms with Gasteiger partial charge in [-0.05, 0) is 5.56 Å². The molecule has 0 bridgehead atoms. The van der Waals surface area contributed by atoms with Gasteiger partial charge in [-0.15, -0.1) is 0 Å². The Morgan fingerprint density at radius 3 is 2.45 bits per heavy atom. The summed E-state index contributed by atoms with van der Waals surface area (Å²) in [4.78, 5) is 12.4. The summed E-state index contributed by atoms with van der Waals surface area (Å²) >= 11 is 0. The molecule has 1 aliphatic heterocycles. The Hall–Kier alpha value is -2.05. The number of nitrogens with one attached hydrogen (secondary N) is 1. The SMILES string of the molecule is [CH](c1ccccc1)N(c1ncncn1)N1CCNCC1. The predicted octanol–water partition coefficient (Wildman–Crippen LogP) is 0.708. The maximum absolute atomic E-state index is 4.26. The van der Waals surface area contributed by atoms with E-state index in [4.69, 9.17) is 0 Å². The number of aromatic nitrogens is 3. The molecule has 2 heterocycles. The highest BCUT2D eigenvalue weighted by atomic mass is 15.7. The fourth-order valence-corrected chi connectivity index (χ4v) is 2.17. The predicted molar refractivity (Wildman–Crippen MR) is 76.6 cm³/mol. The number of benzene rings is 1. The number of nitrogens with zero attached hydrogens (tertiary/aromatic N) is 5. The van der Waals surface area contributed by atoms with Gasteiger partial charge in [-0.2, -0.15) is 0 Å². The van der Waals surface area contributed by atoms with E-state index >= 15 is 0 Å². The minimum atomic E-state index is 0.644. The summed E-state index contributed by atoms with van der Waals surface area (Å²) in [7, 11) is 0. The first kappa shape index (κ1) is 13.0. The maximum Gasteiger partial charge on any atom is 0.243 e. The molecule has 103 valence electrons. The second kappa shape index (κ2) is 6.40. The fourth-order valence-electron chi connectivity index (χ4n) is 2.17. The third-order valence-corrected chi connectivity index (χ3v) is 3.15. The minimum Gasteiger partial charge on any atom is -0.314 e. The first-order valence-corrected chi connectivity index (χ1v) is 6.70. The molecule has 1 aliphatic rings. The summed E-state index contributed by atoms with van der Waals surface area (Å²) in [5, 5.41) is 7.60. The lowest BCUT2D eigenvalue weighted by Gasteiger charge is -2.37. The molecule has 6 nitrogen and oxygen atoms in total. The molecule has 3 rings (SSSR count). The van der Waals surface area contributed by atoms with Crippen LogP contribution in [-0.2, 0) is 0 Å². The number of piperazine rings is 1. The van der Waals surface area contributed by atoms with E-state index in [1.165, 1.54) is 12.7 Å². The lowest BCUT2D eigenvalue weighted by atomic mass is 10.2. The lowest BCUT2D eigenvalue weighted by molar-refractivity contribution is 0.231. The number of anilines is 1. The van der Waals surface area contributed by atoms with Crippen molar-refractivity contribution in [2.45, 2.75) is 0 Å². The van der Waals surface area contributed by atoms with Crippen LogP contribution in [0.1, 0.15) is 5.56 Å². The van der Waals surface area contributed by atoms with Gasteiger partial charge in [0.05, 0.1) is 6.54 Å². The van der Waals surface area contributed by atoms with E-state index in [1.807, 2.05) is 23.2 Å². The smallest absolute Gasteiger partial charge is 0.243 e. The van der Waals surface area contributed by atoms with Crippen molar-refractivity contribution < 1.29 is 0 Å². The summed E-state index contributed by atoms with van der Waals surface area (Å²) in [6, 6.07) is 10.2. The molecule has 1 aromatic heterocycles. The summed E-state index contributed by atoms with van der Waals surface area (Å²) < 4.78 is 0. The normalized spacial score (nSPS) is 16.0. The van der Waals surface area contributed by atoms with Crippen molar-refractivity contribution in [3.05, 3.63) is 55.1 Å². The van der Waals surface area contributed by atoms with Gasteiger partial charge in [-0.3, -0.25) is 5.01 Å². The Labute approximate surface area is 118 Å². The summed E-state index contributed by atoms with van der Waals surface area (Å²) in [5.74, 6) is 0.644. The quantitative estimate of drug-likeness (QED) is 0.882. The molecule has 1 saturated heterocycles. The molecular weight excluding hydrogens is 252 g/mol. The topological polar surface area (TPSA) is 57.2 Å². The molecule has 1 fully saturated rings. The van der Waals surface area contributed by atoms with Crippen molar-refractivity contribution in [2.75, 3.05) is 31.2 Å². The van der Waals surface area contributed by atoms with Gasteiger partial charge in [-0.1, -0.05) is 30.3 Å². The number of hydrogen-bond acceptors (Lipinski definition) is 6. The maximum atomic E-state index is 4.26. The zero-order valence-electron chi connectivity index (χ0n) is 11.2. The Morgan fingerprint density at radius 2 is 1.75 bits per heavy atom. The van der Waals surface area contributed by atoms with E-state index in [1.54, 1.807) is 0 Å². The van der Waals surface area contributed by atoms with Crippen molar-refractivity contribution in [3.8, 4) is 0 Å². The number of hydrazine groups is 1. The van der Waals surface area contributed by atoms with Gasteiger partial charge in [0, 0.05) is 26.2 Å². The van der Waals surface area contributed by atoms with Crippen molar-refractivity contribution in [2.24, 2.45) is 0 Å². The standard InChI is InChI=1S/C14H17N6/c1-2-4-13(5-3-1)10-20(14-17-11-16-12-18-14)19-8-6-15-7-9-19/h1-5,10-12,15H,6-9H2. The van der Waals surface area contributed by atoms with Crippen molar-refractivity contribution >= 4 is 5.95 Å². The van der Waals surface area contributed by atoms with Crippen molar-refractivity contribution in [1.29, 1.82) is 0 Å². The van der Waals surface area contributed by atoms with Crippen LogP contribution in [0.4, 0.5) is 5.95 Å².